The fourth-order valence-electron chi connectivity index (χ4n) is 4.31. The third-order valence-corrected chi connectivity index (χ3v) is 5.82. The van der Waals surface area contributed by atoms with Crippen LogP contribution in [0.25, 0.3) is 21.9 Å². The van der Waals surface area contributed by atoms with E-state index in [0.29, 0.717) is 18.7 Å². The average Bonchev–Trinajstić information content (AvgIpc) is 3.33. The third-order valence-electron chi connectivity index (χ3n) is 5.82. The summed E-state index contributed by atoms with van der Waals surface area (Å²) in [6, 6.07) is 17.5. The molecule has 1 N–H and O–H groups in total. The molecule has 0 bridgehead atoms. The van der Waals surface area contributed by atoms with Gasteiger partial charge in [-0.05, 0) is 50.1 Å². The molecule has 4 aromatic rings. The van der Waals surface area contributed by atoms with E-state index in [1.165, 1.54) is 9.47 Å². The number of ether oxygens (including phenoxy) is 1. The quantitative estimate of drug-likeness (QED) is 0.467. The molecule has 7 nitrogen and oxygen atoms in total. The number of carbonyl (C=O) groups is 2. The van der Waals surface area contributed by atoms with Crippen LogP contribution in [-0.2, 0) is 6.42 Å². The number of hydrogen-bond acceptors (Lipinski definition) is 3. The van der Waals surface area contributed by atoms with Gasteiger partial charge in [-0.3, -0.25) is 9.36 Å². The lowest BCUT2D eigenvalue weighted by Crippen LogP contribution is -2.33. The van der Waals surface area contributed by atoms with Gasteiger partial charge in [0.1, 0.15) is 11.4 Å². The van der Waals surface area contributed by atoms with Crippen molar-refractivity contribution < 1.29 is 14.3 Å². The minimum absolute atomic E-state index is 0.168. The summed E-state index contributed by atoms with van der Waals surface area (Å²) in [5.74, 6) is 0.511. The number of rotatable bonds is 6. The molecule has 2 amide bonds. The molecule has 4 rings (SSSR count). The second-order valence-corrected chi connectivity index (χ2v) is 8.61. The first-order valence-electron chi connectivity index (χ1n) is 11.1. The molecular weight excluding hydrogens is 416 g/mol. The van der Waals surface area contributed by atoms with E-state index >= 15 is 0 Å². The number of hydrogen-bond donors (Lipinski definition) is 1. The first kappa shape index (κ1) is 22.5. The predicted octanol–water partition coefficient (Wildman–Crippen LogP) is 4.69. The summed E-state index contributed by atoms with van der Waals surface area (Å²) < 4.78 is 8.99. The summed E-state index contributed by atoms with van der Waals surface area (Å²) in [5.41, 5.74) is 4.08. The van der Waals surface area contributed by atoms with E-state index in [9.17, 15) is 9.59 Å². The van der Waals surface area contributed by atoms with Crippen molar-refractivity contribution in [3.8, 4) is 5.75 Å². The molecule has 33 heavy (non-hydrogen) atoms. The lowest BCUT2D eigenvalue weighted by Gasteiger charge is -2.15. The van der Waals surface area contributed by atoms with E-state index < -0.39 is 0 Å². The molecule has 2 heterocycles. The third kappa shape index (κ3) is 4.06. The number of benzene rings is 2. The van der Waals surface area contributed by atoms with Crippen LogP contribution in [0.3, 0.4) is 0 Å². The van der Waals surface area contributed by atoms with Crippen LogP contribution in [0.5, 0.6) is 5.75 Å². The Kier molecular flexibility index (Phi) is 6.14. The highest BCUT2D eigenvalue weighted by Crippen LogP contribution is 2.34. The maximum atomic E-state index is 13.3. The van der Waals surface area contributed by atoms with Crippen LogP contribution >= 0.6 is 0 Å². The molecule has 0 aliphatic rings. The van der Waals surface area contributed by atoms with E-state index in [1.54, 1.807) is 21.2 Å². The highest BCUT2D eigenvalue weighted by atomic mass is 16.5. The van der Waals surface area contributed by atoms with Crippen LogP contribution in [0.2, 0.25) is 0 Å². The van der Waals surface area contributed by atoms with Crippen LogP contribution in [-0.4, -0.2) is 53.7 Å². The maximum absolute atomic E-state index is 13.3. The summed E-state index contributed by atoms with van der Waals surface area (Å²) in [5, 5.41) is 3.94. The zero-order valence-corrected chi connectivity index (χ0v) is 19.8. The molecule has 0 fully saturated rings. The first-order chi connectivity index (χ1) is 15.8. The zero-order valence-electron chi connectivity index (χ0n) is 19.8. The van der Waals surface area contributed by atoms with Gasteiger partial charge in [-0.2, -0.15) is 0 Å². The SMILES string of the molecule is COc1cccc(CCNC(=O)c2cc3c(c4ccccc4n3C(C)C)n2C(=O)N(C)C)c1. The van der Waals surface area contributed by atoms with Crippen molar-refractivity contribution in [3.05, 3.63) is 65.9 Å². The van der Waals surface area contributed by atoms with Gasteiger partial charge in [0, 0.05) is 32.1 Å². The Morgan fingerprint density at radius 1 is 1.03 bits per heavy atom. The van der Waals surface area contributed by atoms with Gasteiger partial charge in [-0.1, -0.05) is 30.3 Å². The Hall–Kier alpha value is -3.74. The van der Waals surface area contributed by atoms with Gasteiger partial charge in [0.15, 0.2) is 0 Å². The van der Waals surface area contributed by atoms with Gasteiger partial charge < -0.3 is 19.5 Å². The summed E-state index contributed by atoms with van der Waals surface area (Å²) in [7, 11) is 5.02. The van der Waals surface area contributed by atoms with Crippen molar-refractivity contribution in [2.75, 3.05) is 27.7 Å². The van der Waals surface area contributed by atoms with Crippen LogP contribution < -0.4 is 10.1 Å². The fraction of sp³-hybridized carbons (Fsp3) is 0.308. The van der Waals surface area contributed by atoms with E-state index in [2.05, 4.69) is 23.7 Å². The number of methoxy groups -OCH3 is 1. The Labute approximate surface area is 193 Å². The number of aromatic nitrogens is 2. The molecule has 0 spiro atoms. The zero-order chi connectivity index (χ0) is 23.7. The van der Waals surface area contributed by atoms with Gasteiger partial charge in [0.05, 0.1) is 23.7 Å². The molecule has 2 aromatic carbocycles. The highest BCUT2D eigenvalue weighted by molar-refractivity contribution is 6.14. The highest BCUT2D eigenvalue weighted by Gasteiger charge is 2.26. The maximum Gasteiger partial charge on any atom is 0.328 e. The Morgan fingerprint density at radius 2 is 1.79 bits per heavy atom. The van der Waals surface area contributed by atoms with E-state index in [1.807, 2.05) is 54.6 Å². The normalized spacial score (nSPS) is 11.3. The van der Waals surface area contributed by atoms with E-state index in [-0.39, 0.29) is 18.0 Å². The summed E-state index contributed by atoms with van der Waals surface area (Å²) >= 11 is 0. The molecule has 172 valence electrons. The lowest BCUT2D eigenvalue weighted by atomic mass is 10.1. The van der Waals surface area contributed by atoms with Crippen LogP contribution in [0.1, 0.15) is 35.9 Å². The van der Waals surface area contributed by atoms with Crippen molar-refractivity contribution in [2.24, 2.45) is 0 Å². The number of para-hydroxylation sites is 1. The number of carbonyl (C=O) groups excluding carboxylic acids is 2. The Balaban J connectivity index is 1.73. The second kappa shape index (κ2) is 9.02. The second-order valence-electron chi connectivity index (χ2n) is 8.61. The van der Waals surface area contributed by atoms with E-state index in [0.717, 1.165) is 33.2 Å². The minimum atomic E-state index is -0.274. The Morgan fingerprint density at radius 3 is 2.48 bits per heavy atom. The lowest BCUT2D eigenvalue weighted by molar-refractivity contribution is 0.0945. The molecule has 0 saturated carbocycles. The van der Waals surface area contributed by atoms with Crippen LogP contribution in [0.15, 0.2) is 54.6 Å². The van der Waals surface area contributed by atoms with Crippen molar-refractivity contribution >= 4 is 33.9 Å². The standard InChI is InChI=1S/C26H30N4O3/c1-17(2)29-21-12-7-6-11-20(21)24-22(29)16-23(30(24)26(32)28(3)4)25(31)27-14-13-18-9-8-10-19(15-18)33-5/h6-12,15-17H,13-14H2,1-5H3,(H,27,31). The van der Waals surface area contributed by atoms with Gasteiger partial charge >= 0.3 is 6.03 Å². The molecule has 0 saturated heterocycles. The molecule has 7 heteroatoms. The largest absolute Gasteiger partial charge is 0.497 e. The summed E-state index contributed by atoms with van der Waals surface area (Å²) in [6.45, 7) is 4.65. The van der Waals surface area contributed by atoms with E-state index in [4.69, 9.17) is 4.74 Å². The molecule has 0 aliphatic carbocycles. The Bertz CT molecular complexity index is 1330. The van der Waals surface area contributed by atoms with Gasteiger partial charge in [0.2, 0.25) is 0 Å². The first-order valence-corrected chi connectivity index (χ1v) is 11.1. The van der Waals surface area contributed by atoms with Crippen molar-refractivity contribution in [3.63, 3.8) is 0 Å². The number of fused-ring (bicyclic) bond motifs is 3. The van der Waals surface area contributed by atoms with Crippen molar-refractivity contribution in [2.45, 2.75) is 26.3 Å². The van der Waals surface area contributed by atoms with Crippen LogP contribution in [0, 0.1) is 0 Å². The van der Waals surface area contributed by atoms with Crippen molar-refractivity contribution in [1.82, 2.24) is 19.4 Å². The van der Waals surface area contributed by atoms with Crippen molar-refractivity contribution in [1.29, 1.82) is 0 Å². The fourth-order valence-corrected chi connectivity index (χ4v) is 4.31. The van der Waals surface area contributed by atoms with Gasteiger partial charge in [-0.25, -0.2) is 4.79 Å². The van der Waals surface area contributed by atoms with Crippen LogP contribution in [0.4, 0.5) is 4.79 Å². The molecule has 0 atom stereocenters. The summed E-state index contributed by atoms with van der Waals surface area (Å²) in [4.78, 5) is 28.0. The summed E-state index contributed by atoms with van der Waals surface area (Å²) in [6.07, 6.45) is 0.659. The average molecular weight is 447 g/mol. The predicted molar refractivity (Wildman–Crippen MR) is 131 cm³/mol. The molecule has 0 radical (unpaired) electrons. The molecule has 0 unspecified atom stereocenters. The number of nitrogens with zero attached hydrogens (tertiary/aromatic N) is 3. The smallest absolute Gasteiger partial charge is 0.328 e. The molecular formula is C26H30N4O3. The molecule has 2 aromatic heterocycles. The topological polar surface area (TPSA) is 68.5 Å². The number of nitrogens with one attached hydrogen (secondary N) is 1. The minimum Gasteiger partial charge on any atom is -0.497 e. The number of amides is 2. The molecule has 0 aliphatic heterocycles. The van der Waals surface area contributed by atoms with Gasteiger partial charge in [-0.15, -0.1) is 0 Å². The van der Waals surface area contributed by atoms with Gasteiger partial charge in [0.25, 0.3) is 5.91 Å². The monoisotopic (exact) mass is 446 g/mol.